The zero-order valence-electron chi connectivity index (χ0n) is 14.2. The van der Waals surface area contributed by atoms with E-state index in [1.165, 1.54) is 18.2 Å². The predicted molar refractivity (Wildman–Crippen MR) is 99.6 cm³/mol. The number of aliphatic carboxylic acids is 1. The number of benzene rings is 3. The molecule has 0 radical (unpaired) electrons. The highest BCUT2D eigenvalue weighted by atomic mass is 16.6. The van der Waals surface area contributed by atoms with Gasteiger partial charge in [-0.05, 0) is 16.8 Å². The average molecular weight is 364 g/mol. The number of carbonyl (C=O) groups is 2. The summed E-state index contributed by atoms with van der Waals surface area (Å²) in [6.07, 6.45) is -0.191. The van der Waals surface area contributed by atoms with Crippen molar-refractivity contribution in [3.8, 4) is 0 Å². The van der Waals surface area contributed by atoms with E-state index >= 15 is 0 Å². The van der Waals surface area contributed by atoms with Gasteiger partial charge in [-0.3, -0.25) is 14.9 Å². The van der Waals surface area contributed by atoms with Crippen LogP contribution in [0.4, 0.5) is 5.69 Å². The van der Waals surface area contributed by atoms with Crippen LogP contribution in [0.15, 0.2) is 66.7 Å². The van der Waals surface area contributed by atoms with Crippen molar-refractivity contribution in [2.45, 2.75) is 12.5 Å². The number of nitro benzene ring substituents is 1. The van der Waals surface area contributed by atoms with E-state index in [1.54, 1.807) is 30.3 Å². The van der Waals surface area contributed by atoms with Crippen molar-refractivity contribution in [1.29, 1.82) is 0 Å². The molecule has 1 atom stereocenters. The summed E-state index contributed by atoms with van der Waals surface area (Å²) in [7, 11) is 0. The van der Waals surface area contributed by atoms with Crippen LogP contribution in [0.25, 0.3) is 10.8 Å². The minimum absolute atomic E-state index is 0.178. The van der Waals surface area contributed by atoms with Gasteiger partial charge in [-0.25, -0.2) is 4.79 Å². The molecule has 0 aliphatic rings. The zero-order chi connectivity index (χ0) is 19.4. The Labute approximate surface area is 154 Å². The lowest BCUT2D eigenvalue weighted by atomic mass is 10.0. The van der Waals surface area contributed by atoms with Crippen LogP contribution in [0.5, 0.6) is 0 Å². The van der Waals surface area contributed by atoms with Gasteiger partial charge < -0.3 is 10.4 Å². The first-order valence-electron chi connectivity index (χ1n) is 8.21. The molecule has 0 saturated carbocycles. The molecule has 27 heavy (non-hydrogen) atoms. The normalized spacial score (nSPS) is 11.7. The third-order valence-electron chi connectivity index (χ3n) is 4.25. The fourth-order valence-electron chi connectivity index (χ4n) is 2.94. The summed E-state index contributed by atoms with van der Waals surface area (Å²) in [4.78, 5) is 34.9. The smallest absolute Gasteiger partial charge is 0.326 e. The predicted octanol–water partition coefficient (Wildman–Crippen LogP) is 3.17. The Kier molecular flexibility index (Phi) is 5.12. The van der Waals surface area contributed by atoms with Crippen molar-refractivity contribution >= 4 is 28.3 Å². The minimum Gasteiger partial charge on any atom is -0.480 e. The van der Waals surface area contributed by atoms with Gasteiger partial charge in [-0.1, -0.05) is 54.6 Å². The lowest BCUT2D eigenvalue weighted by Crippen LogP contribution is -2.42. The van der Waals surface area contributed by atoms with Crippen molar-refractivity contribution in [3.63, 3.8) is 0 Å². The summed E-state index contributed by atoms with van der Waals surface area (Å²) in [6.45, 7) is 0. The Hall–Kier alpha value is -3.74. The fraction of sp³-hybridized carbons (Fsp3) is 0.100. The van der Waals surface area contributed by atoms with Gasteiger partial charge in [0.2, 0.25) is 0 Å². The van der Waals surface area contributed by atoms with Crippen LogP contribution < -0.4 is 5.32 Å². The van der Waals surface area contributed by atoms with E-state index in [0.29, 0.717) is 10.9 Å². The molecular formula is C20H16N2O5. The lowest BCUT2D eigenvalue weighted by molar-refractivity contribution is -0.385. The van der Waals surface area contributed by atoms with Gasteiger partial charge in [0.1, 0.15) is 6.04 Å². The second-order valence-corrected chi connectivity index (χ2v) is 5.98. The van der Waals surface area contributed by atoms with Crippen molar-refractivity contribution in [2.75, 3.05) is 0 Å². The molecule has 136 valence electrons. The Morgan fingerprint density at radius 3 is 2.41 bits per heavy atom. The van der Waals surface area contributed by atoms with Gasteiger partial charge in [-0.15, -0.1) is 0 Å². The molecule has 3 aromatic rings. The number of nitro groups is 1. The summed E-state index contributed by atoms with van der Waals surface area (Å²) in [5, 5.41) is 24.7. The van der Waals surface area contributed by atoms with Crippen LogP contribution in [0.3, 0.4) is 0 Å². The molecule has 1 amide bonds. The molecule has 0 spiro atoms. The molecule has 0 aliphatic heterocycles. The molecule has 0 aromatic heterocycles. The second-order valence-electron chi connectivity index (χ2n) is 5.98. The van der Waals surface area contributed by atoms with E-state index in [0.717, 1.165) is 5.39 Å². The Morgan fingerprint density at radius 1 is 1.00 bits per heavy atom. The van der Waals surface area contributed by atoms with Crippen LogP contribution >= 0.6 is 0 Å². The first-order chi connectivity index (χ1) is 13.0. The summed E-state index contributed by atoms with van der Waals surface area (Å²) < 4.78 is 0. The van der Waals surface area contributed by atoms with Crippen molar-refractivity contribution in [1.82, 2.24) is 5.32 Å². The van der Waals surface area contributed by atoms with Crippen molar-refractivity contribution in [2.24, 2.45) is 0 Å². The third kappa shape index (κ3) is 3.92. The van der Waals surface area contributed by atoms with Crippen LogP contribution in [0.1, 0.15) is 15.9 Å². The fourth-order valence-corrected chi connectivity index (χ4v) is 2.94. The van der Waals surface area contributed by atoms with Crippen LogP contribution in [0.2, 0.25) is 0 Å². The molecule has 3 rings (SSSR count). The maximum atomic E-state index is 12.7. The number of hydrogen-bond donors (Lipinski definition) is 2. The molecule has 2 N–H and O–H groups in total. The third-order valence-corrected chi connectivity index (χ3v) is 4.25. The highest BCUT2D eigenvalue weighted by Crippen LogP contribution is 2.21. The zero-order valence-corrected chi connectivity index (χ0v) is 14.2. The number of hydrogen-bond acceptors (Lipinski definition) is 4. The topological polar surface area (TPSA) is 110 Å². The van der Waals surface area contributed by atoms with Crippen molar-refractivity contribution in [3.05, 3.63) is 88.0 Å². The monoisotopic (exact) mass is 364 g/mol. The number of carbonyl (C=O) groups excluding carboxylic acids is 1. The molecule has 7 nitrogen and oxygen atoms in total. The Morgan fingerprint density at radius 2 is 1.67 bits per heavy atom. The van der Waals surface area contributed by atoms with E-state index in [4.69, 9.17) is 0 Å². The van der Waals surface area contributed by atoms with Gasteiger partial charge in [0, 0.05) is 23.6 Å². The van der Waals surface area contributed by atoms with Crippen LogP contribution in [-0.2, 0) is 11.2 Å². The van der Waals surface area contributed by atoms with Crippen LogP contribution in [-0.4, -0.2) is 27.9 Å². The number of carboxylic acids is 1. The first-order valence-corrected chi connectivity index (χ1v) is 8.21. The molecule has 0 aliphatic carbocycles. The molecule has 0 unspecified atom stereocenters. The number of nitrogens with zero attached hydrogens (tertiary/aromatic N) is 1. The molecule has 3 aromatic carbocycles. The molecular weight excluding hydrogens is 348 g/mol. The van der Waals surface area contributed by atoms with Crippen molar-refractivity contribution < 1.29 is 19.6 Å². The van der Waals surface area contributed by atoms with Gasteiger partial charge in [0.15, 0.2) is 0 Å². The quantitative estimate of drug-likeness (QED) is 0.516. The number of fused-ring (bicyclic) bond motifs is 1. The standard InChI is InChI=1S/C20H16N2O5/c23-19(16-10-5-8-13-6-1-3-9-15(13)16)21-17(20(24)25)12-14-7-2-4-11-18(14)22(26)27/h1-11,17H,12H2,(H,21,23)(H,24,25)/t17-/m1/s1. The number of para-hydroxylation sites is 1. The number of carboxylic acid groups (broad SMARTS) is 1. The summed E-state index contributed by atoms with van der Waals surface area (Å²) in [5.41, 5.74) is 0.415. The molecule has 0 bridgehead atoms. The largest absolute Gasteiger partial charge is 0.480 e. The second kappa shape index (κ2) is 7.65. The van der Waals surface area contributed by atoms with Gasteiger partial charge in [-0.2, -0.15) is 0 Å². The maximum Gasteiger partial charge on any atom is 0.326 e. The SMILES string of the molecule is O=C(N[C@H](Cc1ccccc1[N+](=O)[O-])C(=O)O)c1cccc2ccccc12. The van der Waals surface area contributed by atoms with Gasteiger partial charge >= 0.3 is 5.97 Å². The first kappa shape index (κ1) is 18.1. The Balaban J connectivity index is 1.88. The molecule has 0 fully saturated rings. The van der Waals surface area contributed by atoms with E-state index in [1.807, 2.05) is 18.2 Å². The number of rotatable bonds is 6. The lowest BCUT2D eigenvalue weighted by Gasteiger charge is -2.15. The number of amides is 1. The van der Waals surface area contributed by atoms with E-state index < -0.39 is 22.8 Å². The highest BCUT2D eigenvalue weighted by Gasteiger charge is 2.25. The van der Waals surface area contributed by atoms with E-state index in [-0.39, 0.29) is 17.7 Å². The molecule has 0 saturated heterocycles. The van der Waals surface area contributed by atoms with E-state index in [2.05, 4.69) is 5.32 Å². The minimum atomic E-state index is -1.29. The maximum absolute atomic E-state index is 12.7. The average Bonchev–Trinajstić information content (AvgIpc) is 2.67. The summed E-state index contributed by atoms with van der Waals surface area (Å²) in [5.74, 6) is -1.81. The molecule has 0 heterocycles. The molecule has 7 heteroatoms. The highest BCUT2D eigenvalue weighted by molar-refractivity contribution is 6.07. The summed E-state index contributed by atoms with van der Waals surface area (Å²) in [6, 6.07) is 17.1. The van der Waals surface area contributed by atoms with E-state index in [9.17, 15) is 24.8 Å². The van der Waals surface area contributed by atoms with Gasteiger partial charge in [0.05, 0.1) is 4.92 Å². The van der Waals surface area contributed by atoms with Gasteiger partial charge in [0.25, 0.3) is 11.6 Å². The van der Waals surface area contributed by atoms with Crippen LogP contribution in [0, 0.1) is 10.1 Å². The summed E-state index contributed by atoms with van der Waals surface area (Å²) >= 11 is 0. The Bertz CT molecular complexity index is 1030. The number of nitrogens with one attached hydrogen (secondary N) is 1.